The molecule has 104 valence electrons. The number of halogens is 1. The molecule has 1 aromatic heterocycles. The fourth-order valence-electron chi connectivity index (χ4n) is 1.45. The Balaban J connectivity index is 2.04. The number of amides is 1. The Hall–Kier alpha value is -1.93. The SMILES string of the molecule is Cc1nc(N)sc1C(=O)N/N=C\c1ccc(O)c(Br)c1. The molecule has 0 atom stereocenters. The Morgan fingerprint density at radius 3 is 2.95 bits per heavy atom. The van der Waals surface area contributed by atoms with Gasteiger partial charge in [0.1, 0.15) is 10.6 Å². The van der Waals surface area contributed by atoms with Crippen molar-refractivity contribution in [3.05, 3.63) is 38.8 Å². The minimum absolute atomic E-state index is 0.141. The van der Waals surface area contributed by atoms with Crippen molar-refractivity contribution in [2.24, 2.45) is 5.10 Å². The molecule has 2 aromatic rings. The van der Waals surface area contributed by atoms with Gasteiger partial charge in [-0.05, 0) is 46.6 Å². The monoisotopic (exact) mass is 354 g/mol. The van der Waals surface area contributed by atoms with Crippen LogP contribution in [0, 0.1) is 6.92 Å². The third kappa shape index (κ3) is 3.34. The van der Waals surface area contributed by atoms with Gasteiger partial charge in [0, 0.05) is 0 Å². The Labute approximate surface area is 127 Å². The van der Waals surface area contributed by atoms with Crippen LogP contribution in [0.2, 0.25) is 0 Å². The predicted molar refractivity (Wildman–Crippen MR) is 82.1 cm³/mol. The Kier molecular flexibility index (Phi) is 4.35. The van der Waals surface area contributed by atoms with E-state index in [4.69, 9.17) is 5.73 Å². The van der Waals surface area contributed by atoms with Gasteiger partial charge in [0.2, 0.25) is 0 Å². The summed E-state index contributed by atoms with van der Waals surface area (Å²) in [6.07, 6.45) is 1.47. The van der Waals surface area contributed by atoms with Crippen LogP contribution in [0.3, 0.4) is 0 Å². The Morgan fingerprint density at radius 1 is 1.60 bits per heavy atom. The standard InChI is InChI=1S/C12H11BrN4O2S/c1-6-10(20-12(14)16-6)11(19)17-15-5-7-2-3-9(18)8(13)4-7/h2-5,18H,1H3,(H2,14,16)(H,17,19)/b15-5-. The fraction of sp³-hybridized carbons (Fsp3) is 0.0833. The van der Waals surface area contributed by atoms with Crippen LogP contribution in [0.25, 0.3) is 0 Å². The van der Waals surface area contributed by atoms with E-state index in [-0.39, 0.29) is 11.7 Å². The fourth-order valence-corrected chi connectivity index (χ4v) is 2.57. The molecule has 8 heteroatoms. The van der Waals surface area contributed by atoms with E-state index in [0.29, 0.717) is 20.2 Å². The highest BCUT2D eigenvalue weighted by molar-refractivity contribution is 9.10. The number of aromatic nitrogens is 1. The molecule has 0 bridgehead atoms. The van der Waals surface area contributed by atoms with Crippen molar-refractivity contribution in [1.82, 2.24) is 10.4 Å². The van der Waals surface area contributed by atoms with E-state index in [1.165, 1.54) is 12.3 Å². The number of nitrogens with one attached hydrogen (secondary N) is 1. The number of carbonyl (C=O) groups excluding carboxylic acids is 1. The number of carbonyl (C=O) groups is 1. The van der Waals surface area contributed by atoms with Gasteiger partial charge in [-0.1, -0.05) is 11.3 Å². The number of benzene rings is 1. The maximum Gasteiger partial charge on any atom is 0.283 e. The number of nitrogen functional groups attached to an aromatic ring is 1. The van der Waals surface area contributed by atoms with Crippen molar-refractivity contribution in [1.29, 1.82) is 0 Å². The molecule has 0 fully saturated rings. The number of hydrazone groups is 1. The van der Waals surface area contributed by atoms with Crippen LogP contribution in [0.15, 0.2) is 27.8 Å². The van der Waals surface area contributed by atoms with Crippen molar-refractivity contribution in [3.63, 3.8) is 0 Å². The molecule has 0 radical (unpaired) electrons. The summed E-state index contributed by atoms with van der Waals surface area (Å²) in [6.45, 7) is 1.71. The molecule has 0 aliphatic heterocycles. The second-order valence-electron chi connectivity index (χ2n) is 3.88. The van der Waals surface area contributed by atoms with Crippen molar-refractivity contribution in [3.8, 4) is 5.75 Å². The summed E-state index contributed by atoms with van der Waals surface area (Å²) in [4.78, 5) is 16.2. The summed E-state index contributed by atoms with van der Waals surface area (Å²) in [5.74, 6) is -0.215. The van der Waals surface area contributed by atoms with E-state index in [0.717, 1.165) is 16.9 Å². The van der Waals surface area contributed by atoms with Gasteiger partial charge in [-0.15, -0.1) is 0 Å². The van der Waals surface area contributed by atoms with Crippen LogP contribution in [-0.2, 0) is 0 Å². The molecule has 0 saturated heterocycles. The third-order valence-corrected chi connectivity index (χ3v) is 3.99. The smallest absolute Gasteiger partial charge is 0.283 e. The number of nitrogens with two attached hydrogens (primary N) is 1. The van der Waals surface area contributed by atoms with E-state index in [1.807, 2.05) is 0 Å². The molecular formula is C12H11BrN4O2S. The summed E-state index contributed by atoms with van der Waals surface area (Å²) in [6, 6.07) is 4.88. The molecule has 6 nitrogen and oxygen atoms in total. The zero-order valence-electron chi connectivity index (χ0n) is 10.4. The van der Waals surface area contributed by atoms with Gasteiger partial charge in [-0.2, -0.15) is 5.10 Å². The van der Waals surface area contributed by atoms with Gasteiger partial charge in [0.25, 0.3) is 5.91 Å². The molecule has 1 amide bonds. The van der Waals surface area contributed by atoms with Gasteiger partial charge in [0.05, 0.1) is 16.4 Å². The molecule has 0 spiro atoms. The lowest BCUT2D eigenvalue weighted by Gasteiger charge is -1.99. The quantitative estimate of drug-likeness (QED) is 0.581. The topological polar surface area (TPSA) is 101 Å². The third-order valence-electron chi connectivity index (χ3n) is 2.37. The van der Waals surface area contributed by atoms with Gasteiger partial charge in [0.15, 0.2) is 5.13 Å². The largest absolute Gasteiger partial charge is 0.507 e. The number of aromatic hydroxyl groups is 1. The number of thiazole rings is 1. The van der Waals surface area contributed by atoms with Gasteiger partial charge in [-0.3, -0.25) is 4.79 Å². The maximum absolute atomic E-state index is 11.8. The number of aryl methyl sites for hydroxylation is 1. The number of nitrogens with zero attached hydrogens (tertiary/aromatic N) is 2. The first-order chi connectivity index (χ1) is 9.47. The highest BCUT2D eigenvalue weighted by Crippen LogP contribution is 2.23. The van der Waals surface area contributed by atoms with E-state index >= 15 is 0 Å². The lowest BCUT2D eigenvalue weighted by Crippen LogP contribution is -2.17. The average Bonchev–Trinajstić information content (AvgIpc) is 2.73. The summed E-state index contributed by atoms with van der Waals surface area (Å²) < 4.78 is 0.554. The molecule has 2 rings (SSSR count). The zero-order chi connectivity index (χ0) is 14.7. The van der Waals surface area contributed by atoms with Crippen molar-refractivity contribution in [2.45, 2.75) is 6.92 Å². The molecule has 0 aliphatic carbocycles. The lowest BCUT2D eigenvalue weighted by atomic mass is 10.2. The van der Waals surface area contributed by atoms with E-state index < -0.39 is 0 Å². The lowest BCUT2D eigenvalue weighted by molar-refractivity contribution is 0.0958. The van der Waals surface area contributed by atoms with Crippen molar-refractivity contribution >= 4 is 44.5 Å². The second kappa shape index (κ2) is 6.02. The van der Waals surface area contributed by atoms with Crippen molar-refractivity contribution in [2.75, 3.05) is 5.73 Å². The number of phenolic OH excluding ortho intramolecular Hbond substituents is 1. The van der Waals surface area contributed by atoms with Crippen LogP contribution in [-0.4, -0.2) is 22.2 Å². The molecule has 0 saturated carbocycles. The first-order valence-corrected chi connectivity index (χ1v) is 7.13. The molecule has 1 aromatic carbocycles. The number of anilines is 1. The summed E-state index contributed by atoms with van der Waals surface area (Å²) >= 11 is 4.31. The number of rotatable bonds is 3. The first-order valence-electron chi connectivity index (χ1n) is 5.52. The zero-order valence-corrected chi connectivity index (χ0v) is 12.8. The first kappa shape index (κ1) is 14.5. The van der Waals surface area contributed by atoms with Crippen LogP contribution in [0.4, 0.5) is 5.13 Å². The van der Waals surface area contributed by atoms with Crippen LogP contribution >= 0.6 is 27.3 Å². The highest BCUT2D eigenvalue weighted by Gasteiger charge is 2.13. The highest BCUT2D eigenvalue weighted by atomic mass is 79.9. The Bertz CT molecular complexity index is 684. The number of hydrogen-bond acceptors (Lipinski definition) is 6. The van der Waals surface area contributed by atoms with Gasteiger partial charge >= 0.3 is 0 Å². The minimum Gasteiger partial charge on any atom is -0.507 e. The summed E-state index contributed by atoms with van der Waals surface area (Å²) in [7, 11) is 0. The molecule has 0 aliphatic rings. The predicted octanol–water partition coefficient (Wildman–Crippen LogP) is 2.27. The molecular weight excluding hydrogens is 344 g/mol. The average molecular weight is 355 g/mol. The number of phenols is 1. The van der Waals surface area contributed by atoms with Gasteiger partial charge < -0.3 is 10.8 Å². The second-order valence-corrected chi connectivity index (χ2v) is 5.76. The van der Waals surface area contributed by atoms with Gasteiger partial charge in [-0.25, -0.2) is 10.4 Å². The normalized spacial score (nSPS) is 10.9. The molecule has 20 heavy (non-hydrogen) atoms. The summed E-state index contributed by atoms with van der Waals surface area (Å²) in [5.41, 5.74) is 9.24. The van der Waals surface area contributed by atoms with E-state index in [2.05, 4.69) is 31.4 Å². The minimum atomic E-state index is -0.356. The maximum atomic E-state index is 11.8. The van der Waals surface area contributed by atoms with E-state index in [1.54, 1.807) is 19.1 Å². The van der Waals surface area contributed by atoms with Crippen LogP contribution in [0.5, 0.6) is 5.75 Å². The molecule has 1 heterocycles. The van der Waals surface area contributed by atoms with Crippen LogP contribution < -0.4 is 11.2 Å². The Morgan fingerprint density at radius 2 is 2.35 bits per heavy atom. The summed E-state index contributed by atoms with van der Waals surface area (Å²) in [5, 5.41) is 13.6. The molecule has 4 N–H and O–H groups in total. The van der Waals surface area contributed by atoms with Crippen LogP contribution in [0.1, 0.15) is 20.9 Å². The molecule has 0 unspecified atom stereocenters. The number of hydrogen-bond donors (Lipinski definition) is 3. The van der Waals surface area contributed by atoms with Crippen molar-refractivity contribution < 1.29 is 9.90 Å². The van der Waals surface area contributed by atoms with E-state index in [9.17, 15) is 9.90 Å².